The normalized spacial score (nSPS) is 10.0. The summed E-state index contributed by atoms with van der Waals surface area (Å²) in [7, 11) is 1.33. The Kier molecular flexibility index (Phi) is 6.56. The molecule has 3 N–H and O–H groups in total. The molecule has 0 heterocycles. The van der Waals surface area contributed by atoms with Crippen molar-refractivity contribution < 1.29 is 19.1 Å². The molecule has 0 aliphatic heterocycles. The zero-order valence-electron chi connectivity index (χ0n) is 10.8. The molecule has 0 aromatic heterocycles. The van der Waals surface area contributed by atoms with Crippen LogP contribution in [-0.4, -0.2) is 38.7 Å². The fraction of sp³-hybridized carbons (Fsp3) is 0.385. The summed E-state index contributed by atoms with van der Waals surface area (Å²) in [5, 5.41) is 2.70. The maximum Gasteiger partial charge on any atom is 0.337 e. The molecular weight excluding hydrogens is 248 g/mol. The number of nitrogens with one attached hydrogen (secondary N) is 1. The van der Waals surface area contributed by atoms with E-state index in [-0.39, 0.29) is 18.5 Å². The molecule has 1 aromatic rings. The lowest BCUT2D eigenvalue weighted by molar-refractivity contribution is -0.125. The van der Waals surface area contributed by atoms with E-state index < -0.39 is 0 Å². The van der Waals surface area contributed by atoms with Gasteiger partial charge in [0.25, 0.3) is 0 Å². The first-order valence-electron chi connectivity index (χ1n) is 5.89. The van der Waals surface area contributed by atoms with Crippen LogP contribution in [0.25, 0.3) is 0 Å². The summed E-state index contributed by atoms with van der Waals surface area (Å²) in [4.78, 5) is 22.6. The Morgan fingerprint density at radius 1 is 1.26 bits per heavy atom. The predicted molar refractivity (Wildman–Crippen MR) is 69.5 cm³/mol. The molecule has 0 fully saturated rings. The third kappa shape index (κ3) is 5.50. The van der Waals surface area contributed by atoms with Crippen molar-refractivity contribution in [2.75, 3.05) is 26.9 Å². The second-order valence-electron chi connectivity index (χ2n) is 3.81. The molecule has 1 amide bonds. The van der Waals surface area contributed by atoms with E-state index in [1.54, 1.807) is 24.3 Å². The summed E-state index contributed by atoms with van der Waals surface area (Å²) in [6.07, 6.45) is 0. The van der Waals surface area contributed by atoms with Gasteiger partial charge in [-0.05, 0) is 17.7 Å². The number of hydrogen-bond donors (Lipinski definition) is 2. The zero-order valence-corrected chi connectivity index (χ0v) is 10.8. The quantitative estimate of drug-likeness (QED) is 0.538. The number of nitrogens with two attached hydrogens (primary N) is 1. The van der Waals surface area contributed by atoms with Gasteiger partial charge in [0.15, 0.2) is 0 Å². The predicted octanol–water partition coefficient (Wildman–Crippen LogP) is 0.0647. The van der Waals surface area contributed by atoms with Crippen molar-refractivity contribution in [2.24, 2.45) is 5.73 Å². The van der Waals surface area contributed by atoms with Gasteiger partial charge in [-0.2, -0.15) is 0 Å². The van der Waals surface area contributed by atoms with Gasteiger partial charge in [0.05, 0.1) is 19.3 Å². The molecular formula is C13H18N2O4. The van der Waals surface area contributed by atoms with Gasteiger partial charge in [0.2, 0.25) is 5.91 Å². The summed E-state index contributed by atoms with van der Waals surface area (Å²) >= 11 is 0. The number of carbonyl (C=O) groups is 2. The third-order valence-electron chi connectivity index (χ3n) is 2.36. The Morgan fingerprint density at radius 2 is 1.95 bits per heavy atom. The highest BCUT2D eigenvalue weighted by molar-refractivity contribution is 5.89. The Morgan fingerprint density at radius 3 is 2.53 bits per heavy atom. The molecule has 19 heavy (non-hydrogen) atoms. The van der Waals surface area contributed by atoms with Crippen LogP contribution >= 0.6 is 0 Å². The first kappa shape index (κ1) is 15.1. The lowest BCUT2D eigenvalue weighted by atomic mass is 10.1. The molecule has 1 rings (SSSR count). The van der Waals surface area contributed by atoms with Gasteiger partial charge in [-0.3, -0.25) is 4.79 Å². The molecule has 1 aromatic carbocycles. The lowest BCUT2D eigenvalue weighted by Gasteiger charge is -2.06. The first-order chi connectivity index (χ1) is 9.17. The summed E-state index contributed by atoms with van der Waals surface area (Å²) in [6, 6.07) is 6.82. The minimum atomic E-state index is -0.384. The maximum absolute atomic E-state index is 11.4. The number of rotatable bonds is 7. The van der Waals surface area contributed by atoms with Gasteiger partial charge in [0, 0.05) is 13.1 Å². The highest BCUT2D eigenvalue weighted by atomic mass is 16.5. The van der Waals surface area contributed by atoms with Gasteiger partial charge in [-0.25, -0.2) is 4.79 Å². The van der Waals surface area contributed by atoms with E-state index in [4.69, 9.17) is 10.5 Å². The SMILES string of the molecule is COC(=O)c1ccc(CNC(=O)COCCN)cc1. The second-order valence-corrected chi connectivity index (χ2v) is 3.81. The molecule has 0 atom stereocenters. The zero-order chi connectivity index (χ0) is 14.1. The van der Waals surface area contributed by atoms with Gasteiger partial charge in [-0.15, -0.1) is 0 Å². The Bertz CT molecular complexity index is 417. The van der Waals surface area contributed by atoms with Crippen LogP contribution in [-0.2, 0) is 20.8 Å². The fourth-order valence-electron chi connectivity index (χ4n) is 1.38. The highest BCUT2D eigenvalue weighted by Gasteiger charge is 2.05. The first-order valence-corrected chi connectivity index (χ1v) is 5.89. The molecule has 104 valence electrons. The number of esters is 1. The van der Waals surface area contributed by atoms with E-state index >= 15 is 0 Å². The van der Waals surface area contributed by atoms with Crippen LogP contribution in [0.1, 0.15) is 15.9 Å². The molecule has 6 nitrogen and oxygen atoms in total. The standard InChI is InChI=1S/C13H18N2O4/c1-18-13(17)11-4-2-10(3-5-11)8-15-12(16)9-19-7-6-14/h2-5H,6-9,14H2,1H3,(H,15,16). The van der Waals surface area contributed by atoms with E-state index in [2.05, 4.69) is 10.1 Å². The van der Waals surface area contributed by atoms with Crippen molar-refractivity contribution in [1.82, 2.24) is 5.32 Å². The van der Waals surface area contributed by atoms with Crippen LogP contribution in [0.5, 0.6) is 0 Å². The van der Waals surface area contributed by atoms with Crippen molar-refractivity contribution in [3.05, 3.63) is 35.4 Å². The van der Waals surface area contributed by atoms with Crippen LogP contribution < -0.4 is 11.1 Å². The highest BCUT2D eigenvalue weighted by Crippen LogP contribution is 2.05. The average molecular weight is 266 g/mol. The van der Waals surface area contributed by atoms with Crippen molar-refractivity contribution >= 4 is 11.9 Å². The van der Waals surface area contributed by atoms with Crippen LogP contribution in [0.15, 0.2) is 24.3 Å². The average Bonchev–Trinajstić information content (AvgIpc) is 2.45. The molecule has 0 saturated heterocycles. The smallest absolute Gasteiger partial charge is 0.337 e. The Labute approximate surface area is 111 Å². The van der Waals surface area contributed by atoms with Gasteiger partial charge in [0.1, 0.15) is 6.61 Å². The number of hydrogen-bond acceptors (Lipinski definition) is 5. The van der Waals surface area contributed by atoms with E-state index in [9.17, 15) is 9.59 Å². The largest absolute Gasteiger partial charge is 0.465 e. The van der Waals surface area contributed by atoms with E-state index in [0.717, 1.165) is 5.56 Å². The van der Waals surface area contributed by atoms with Gasteiger partial charge in [-0.1, -0.05) is 12.1 Å². The Hall–Kier alpha value is -1.92. The van der Waals surface area contributed by atoms with Crippen LogP contribution in [0.4, 0.5) is 0 Å². The molecule has 0 aliphatic carbocycles. The van der Waals surface area contributed by atoms with Crippen LogP contribution in [0, 0.1) is 0 Å². The molecule has 0 bridgehead atoms. The summed E-state index contributed by atoms with van der Waals surface area (Å²) < 4.78 is 9.59. The number of benzene rings is 1. The van der Waals surface area contributed by atoms with E-state index in [1.165, 1.54) is 7.11 Å². The fourth-order valence-corrected chi connectivity index (χ4v) is 1.38. The molecule has 0 unspecified atom stereocenters. The van der Waals surface area contributed by atoms with Crippen LogP contribution in [0.2, 0.25) is 0 Å². The summed E-state index contributed by atoms with van der Waals surface area (Å²) in [6.45, 7) is 1.13. The minimum absolute atomic E-state index is 0.00254. The molecule has 6 heteroatoms. The molecule has 0 radical (unpaired) electrons. The lowest BCUT2D eigenvalue weighted by Crippen LogP contribution is -2.28. The summed E-state index contributed by atoms with van der Waals surface area (Å²) in [5.74, 6) is -0.587. The number of ether oxygens (including phenoxy) is 2. The topological polar surface area (TPSA) is 90.6 Å². The maximum atomic E-state index is 11.4. The third-order valence-corrected chi connectivity index (χ3v) is 2.36. The van der Waals surface area contributed by atoms with E-state index in [0.29, 0.717) is 25.3 Å². The monoisotopic (exact) mass is 266 g/mol. The molecule has 0 spiro atoms. The van der Waals surface area contributed by atoms with E-state index in [1.807, 2.05) is 0 Å². The number of carbonyl (C=O) groups excluding carboxylic acids is 2. The molecule has 0 aliphatic rings. The Balaban J connectivity index is 2.37. The number of methoxy groups -OCH3 is 1. The number of amides is 1. The minimum Gasteiger partial charge on any atom is -0.465 e. The summed E-state index contributed by atoms with van der Waals surface area (Å²) in [5.41, 5.74) is 6.60. The second kappa shape index (κ2) is 8.23. The van der Waals surface area contributed by atoms with Crippen LogP contribution in [0.3, 0.4) is 0 Å². The van der Waals surface area contributed by atoms with Gasteiger partial charge < -0.3 is 20.5 Å². The van der Waals surface area contributed by atoms with Crippen molar-refractivity contribution in [2.45, 2.75) is 6.54 Å². The van der Waals surface area contributed by atoms with Gasteiger partial charge >= 0.3 is 5.97 Å². The van der Waals surface area contributed by atoms with Crippen molar-refractivity contribution in [3.63, 3.8) is 0 Å². The van der Waals surface area contributed by atoms with Crippen molar-refractivity contribution in [3.8, 4) is 0 Å². The molecule has 0 saturated carbocycles. The van der Waals surface area contributed by atoms with Crippen molar-refractivity contribution in [1.29, 1.82) is 0 Å².